The Hall–Kier alpha value is -0.410. The zero-order valence-electron chi connectivity index (χ0n) is 4.18. The number of nitrogens with one attached hydrogen (secondary N) is 1. The van der Waals surface area contributed by atoms with Gasteiger partial charge in [-0.25, -0.2) is 0 Å². The Balaban J connectivity index is 3.34. The molecule has 7 heavy (non-hydrogen) atoms. The molecule has 0 rings (SSSR count). The number of rotatable bonds is 2. The van der Waals surface area contributed by atoms with Crippen molar-refractivity contribution in [3.8, 4) is 0 Å². The molecule has 0 bridgehead atoms. The molecule has 0 saturated carbocycles. The second-order valence-electron chi connectivity index (χ2n) is 1.38. The van der Waals surface area contributed by atoms with E-state index in [-0.39, 0.29) is 12.3 Å². The molecule has 0 heterocycles. The van der Waals surface area contributed by atoms with Gasteiger partial charge in [0.15, 0.2) is 0 Å². The van der Waals surface area contributed by atoms with Crippen LogP contribution in [0.2, 0.25) is 0 Å². The van der Waals surface area contributed by atoms with Gasteiger partial charge in [0.05, 0.1) is 6.61 Å². The number of hydrogen-bond acceptors (Lipinski definition) is 3. The summed E-state index contributed by atoms with van der Waals surface area (Å²) in [6.45, 7) is 1.09. The molecule has 0 saturated heterocycles. The number of aliphatic hydroxyl groups is 2. The molecule has 1 atom stereocenters. The van der Waals surface area contributed by atoms with Crippen LogP contribution in [0.25, 0.3) is 0 Å². The quantitative estimate of drug-likeness (QED) is 0.408. The maximum absolute atomic E-state index is 8.46. The van der Waals surface area contributed by atoms with Crippen LogP contribution in [0, 0.1) is 5.41 Å². The van der Waals surface area contributed by atoms with Gasteiger partial charge in [-0.2, -0.15) is 0 Å². The number of hydrogen-bond donors (Lipinski definition) is 3. The average Bonchev–Trinajstić information content (AvgIpc) is 1.65. The zero-order chi connectivity index (χ0) is 5.86. The van der Waals surface area contributed by atoms with Crippen LogP contribution < -0.4 is 0 Å². The molecule has 42 valence electrons. The summed E-state index contributed by atoms with van der Waals surface area (Å²) < 4.78 is 0. The van der Waals surface area contributed by atoms with Gasteiger partial charge in [0.25, 0.3) is 0 Å². The fourth-order valence-corrected chi connectivity index (χ4v) is 0.137. The van der Waals surface area contributed by atoms with Crippen LogP contribution in [0.4, 0.5) is 0 Å². The van der Waals surface area contributed by atoms with Crippen LogP contribution in [-0.4, -0.2) is 28.6 Å². The molecule has 1 unspecified atom stereocenters. The summed E-state index contributed by atoms with van der Waals surface area (Å²) in [6.07, 6.45) is -0.958. The highest BCUT2D eigenvalue weighted by molar-refractivity contribution is 5.82. The van der Waals surface area contributed by atoms with Crippen LogP contribution in [-0.2, 0) is 0 Å². The Morgan fingerprint density at radius 3 is 2.29 bits per heavy atom. The minimum absolute atomic E-state index is 0.0995. The molecule has 0 aromatic rings. The first-order valence-corrected chi connectivity index (χ1v) is 2.02. The molecule has 0 aromatic heterocycles. The largest absolute Gasteiger partial charge is 0.393 e. The molecular weight excluding hydrogens is 94.0 g/mol. The molecule has 3 nitrogen and oxygen atoms in total. The monoisotopic (exact) mass is 103 g/mol. The molecule has 3 N–H and O–H groups in total. The van der Waals surface area contributed by atoms with Gasteiger partial charge in [-0.05, 0) is 6.92 Å². The third-order valence-corrected chi connectivity index (χ3v) is 0.673. The van der Waals surface area contributed by atoms with Gasteiger partial charge in [0.2, 0.25) is 0 Å². The van der Waals surface area contributed by atoms with E-state index in [1.165, 1.54) is 6.92 Å². The van der Waals surface area contributed by atoms with E-state index < -0.39 is 6.10 Å². The highest BCUT2D eigenvalue weighted by Crippen LogP contribution is 1.79. The summed E-state index contributed by atoms with van der Waals surface area (Å²) in [4.78, 5) is 0. The molecule has 0 spiro atoms. The third-order valence-electron chi connectivity index (χ3n) is 0.673. The molecule has 0 aliphatic heterocycles. The Bertz CT molecular complexity index is 72.1. The lowest BCUT2D eigenvalue weighted by molar-refractivity contribution is 0.143. The number of aliphatic hydroxyl groups excluding tert-OH is 2. The summed E-state index contributed by atoms with van der Waals surface area (Å²) >= 11 is 0. The molecule has 3 heteroatoms. The maximum atomic E-state index is 8.46. The predicted molar refractivity (Wildman–Crippen MR) is 26.5 cm³/mol. The maximum Gasteiger partial charge on any atom is 0.114 e. The van der Waals surface area contributed by atoms with Crippen molar-refractivity contribution in [1.82, 2.24) is 0 Å². The van der Waals surface area contributed by atoms with Gasteiger partial charge < -0.3 is 15.6 Å². The van der Waals surface area contributed by atoms with Crippen molar-refractivity contribution < 1.29 is 10.2 Å². The Labute approximate surface area is 42.1 Å². The van der Waals surface area contributed by atoms with Crippen LogP contribution in [0.5, 0.6) is 0 Å². The van der Waals surface area contributed by atoms with E-state index in [1.54, 1.807) is 0 Å². The minimum atomic E-state index is -0.958. The van der Waals surface area contributed by atoms with Crippen molar-refractivity contribution in [2.45, 2.75) is 13.0 Å². The second-order valence-corrected chi connectivity index (χ2v) is 1.38. The predicted octanol–water partition coefficient (Wildman–Crippen LogP) is -0.621. The van der Waals surface area contributed by atoms with Crippen LogP contribution in [0.15, 0.2) is 0 Å². The van der Waals surface area contributed by atoms with E-state index in [0.29, 0.717) is 0 Å². The first-order chi connectivity index (χ1) is 3.18. The standard InChI is InChI=1S/C4H9NO2/c1-3(5)4(7)2-6/h4-7H,2H2,1H3. The summed E-state index contributed by atoms with van der Waals surface area (Å²) in [5.74, 6) is 0. The molecule has 0 fully saturated rings. The zero-order valence-corrected chi connectivity index (χ0v) is 4.18. The fourth-order valence-electron chi connectivity index (χ4n) is 0.137. The van der Waals surface area contributed by atoms with Gasteiger partial charge in [0, 0.05) is 5.71 Å². The SMILES string of the molecule is CC(=N)C(O)CO. The summed E-state index contributed by atoms with van der Waals surface area (Å²) in [6, 6.07) is 0. The molecule has 0 aromatic carbocycles. The molecule has 0 amide bonds. The van der Waals surface area contributed by atoms with Crippen molar-refractivity contribution in [2.75, 3.05) is 6.61 Å². The van der Waals surface area contributed by atoms with Crippen molar-refractivity contribution >= 4 is 5.71 Å². The highest BCUT2D eigenvalue weighted by Gasteiger charge is 2.00. The van der Waals surface area contributed by atoms with Crippen molar-refractivity contribution in [3.05, 3.63) is 0 Å². The van der Waals surface area contributed by atoms with Gasteiger partial charge in [-0.1, -0.05) is 0 Å². The lowest BCUT2D eigenvalue weighted by Gasteiger charge is -2.00. The summed E-state index contributed by atoms with van der Waals surface area (Å²) in [5, 5.41) is 23.3. The highest BCUT2D eigenvalue weighted by atomic mass is 16.3. The van der Waals surface area contributed by atoms with E-state index in [4.69, 9.17) is 15.6 Å². The minimum Gasteiger partial charge on any atom is -0.393 e. The normalized spacial score (nSPS) is 13.6. The van der Waals surface area contributed by atoms with E-state index in [2.05, 4.69) is 0 Å². The Morgan fingerprint density at radius 2 is 2.29 bits per heavy atom. The lowest BCUT2D eigenvalue weighted by atomic mass is 10.3. The van der Waals surface area contributed by atoms with Gasteiger partial charge in [-0.15, -0.1) is 0 Å². The summed E-state index contributed by atoms with van der Waals surface area (Å²) in [7, 11) is 0. The van der Waals surface area contributed by atoms with E-state index >= 15 is 0 Å². The van der Waals surface area contributed by atoms with Gasteiger partial charge >= 0.3 is 0 Å². The Morgan fingerprint density at radius 1 is 1.86 bits per heavy atom. The van der Waals surface area contributed by atoms with Gasteiger partial charge in [-0.3, -0.25) is 0 Å². The smallest absolute Gasteiger partial charge is 0.114 e. The first kappa shape index (κ1) is 6.59. The van der Waals surface area contributed by atoms with E-state index in [0.717, 1.165) is 0 Å². The molecule has 0 radical (unpaired) electrons. The van der Waals surface area contributed by atoms with Crippen molar-refractivity contribution in [3.63, 3.8) is 0 Å². The third kappa shape index (κ3) is 2.31. The lowest BCUT2D eigenvalue weighted by Crippen LogP contribution is -2.20. The fraction of sp³-hybridized carbons (Fsp3) is 0.750. The summed E-state index contributed by atoms with van der Waals surface area (Å²) in [5.41, 5.74) is 0.0995. The first-order valence-electron chi connectivity index (χ1n) is 2.02. The molecular formula is C4H9NO2. The van der Waals surface area contributed by atoms with Gasteiger partial charge in [0.1, 0.15) is 6.10 Å². The van der Waals surface area contributed by atoms with E-state index in [9.17, 15) is 0 Å². The average molecular weight is 103 g/mol. The Kier molecular flexibility index (Phi) is 2.55. The molecule has 0 aliphatic carbocycles. The van der Waals surface area contributed by atoms with Crippen molar-refractivity contribution in [2.24, 2.45) is 0 Å². The van der Waals surface area contributed by atoms with E-state index in [1.807, 2.05) is 0 Å². The van der Waals surface area contributed by atoms with Crippen molar-refractivity contribution in [1.29, 1.82) is 5.41 Å². The topological polar surface area (TPSA) is 64.3 Å². The molecule has 0 aliphatic rings. The van der Waals surface area contributed by atoms with Crippen LogP contribution >= 0.6 is 0 Å². The van der Waals surface area contributed by atoms with Crippen LogP contribution in [0.1, 0.15) is 6.92 Å². The van der Waals surface area contributed by atoms with Crippen LogP contribution in [0.3, 0.4) is 0 Å². The second kappa shape index (κ2) is 2.71.